The molecule has 2 rings (SSSR count). The molecule has 1 heterocycles. The Labute approximate surface area is 118 Å². The van der Waals surface area contributed by atoms with Gasteiger partial charge in [-0.3, -0.25) is 4.79 Å². The highest BCUT2D eigenvalue weighted by molar-refractivity contribution is 6.04. The van der Waals surface area contributed by atoms with Gasteiger partial charge in [-0.2, -0.15) is 13.2 Å². The monoisotopic (exact) mass is 296 g/mol. The Kier molecular flexibility index (Phi) is 4.11. The second kappa shape index (κ2) is 5.82. The van der Waals surface area contributed by atoms with Gasteiger partial charge >= 0.3 is 6.18 Å². The highest BCUT2D eigenvalue weighted by atomic mass is 19.4. The lowest BCUT2D eigenvalue weighted by molar-refractivity contribution is -0.138. The molecule has 0 aliphatic heterocycles. The lowest BCUT2D eigenvalue weighted by atomic mass is 10.2. The van der Waals surface area contributed by atoms with E-state index < -0.39 is 23.4 Å². The number of alkyl halides is 3. The summed E-state index contributed by atoms with van der Waals surface area (Å²) in [6.07, 6.45) is -3.63. The first kappa shape index (κ1) is 14.8. The van der Waals surface area contributed by atoms with Gasteiger partial charge in [0.25, 0.3) is 5.91 Å². The van der Waals surface area contributed by atoms with Crippen molar-refractivity contribution >= 4 is 11.7 Å². The summed E-state index contributed by atoms with van der Waals surface area (Å²) in [5.74, 6) is -1.36. The maximum absolute atomic E-state index is 12.9. The van der Waals surface area contributed by atoms with E-state index in [-0.39, 0.29) is 5.82 Å². The van der Waals surface area contributed by atoms with E-state index in [4.69, 9.17) is 4.74 Å². The lowest BCUT2D eigenvalue weighted by Gasteiger charge is -2.15. The molecular weight excluding hydrogens is 285 g/mol. The fourth-order valence-corrected chi connectivity index (χ4v) is 1.74. The molecule has 1 aromatic carbocycles. The Morgan fingerprint density at radius 2 is 1.86 bits per heavy atom. The standard InChI is InChI=1S/C14H11F3N2O2/c1-21-11-10(14(15,16)17)7-8-18-12(11)19-13(20)9-5-3-2-4-6-9/h2-8H,1H3,(H,18,19,20). The zero-order valence-electron chi connectivity index (χ0n) is 10.9. The van der Waals surface area contributed by atoms with E-state index in [2.05, 4.69) is 10.3 Å². The number of benzene rings is 1. The van der Waals surface area contributed by atoms with Gasteiger partial charge in [-0.05, 0) is 18.2 Å². The van der Waals surface area contributed by atoms with Gasteiger partial charge in [-0.1, -0.05) is 18.2 Å². The molecule has 1 N–H and O–H groups in total. The van der Waals surface area contributed by atoms with E-state index in [9.17, 15) is 18.0 Å². The average Bonchev–Trinajstić information content (AvgIpc) is 2.47. The van der Waals surface area contributed by atoms with Crippen LogP contribution in [-0.4, -0.2) is 18.0 Å². The van der Waals surface area contributed by atoms with Gasteiger partial charge in [-0.15, -0.1) is 0 Å². The molecule has 7 heteroatoms. The quantitative estimate of drug-likeness (QED) is 0.945. The normalized spacial score (nSPS) is 11.0. The van der Waals surface area contributed by atoms with Crippen LogP contribution in [0.5, 0.6) is 5.75 Å². The molecule has 0 aliphatic rings. The molecule has 1 amide bonds. The van der Waals surface area contributed by atoms with Crippen LogP contribution in [0.15, 0.2) is 42.6 Å². The van der Waals surface area contributed by atoms with Gasteiger partial charge in [0.1, 0.15) is 5.56 Å². The van der Waals surface area contributed by atoms with E-state index in [1.807, 2.05) is 0 Å². The van der Waals surface area contributed by atoms with Crippen molar-refractivity contribution in [3.63, 3.8) is 0 Å². The molecule has 0 saturated carbocycles. The van der Waals surface area contributed by atoms with Gasteiger partial charge in [0, 0.05) is 11.8 Å². The third-order valence-corrected chi connectivity index (χ3v) is 2.68. The molecule has 0 atom stereocenters. The average molecular weight is 296 g/mol. The number of nitrogens with zero attached hydrogens (tertiary/aromatic N) is 1. The highest BCUT2D eigenvalue weighted by Crippen LogP contribution is 2.39. The van der Waals surface area contributed by atoms with Crippen molar-refractivity contribution in [3.8, 4) is 5.75 Å². The fraction of sp³-hybridized carbons (Fsp3) is 0.143. The minimum atomic E-state index is -4.60. The number of amides is 1. The highest BCUT2D eigenvalue weighted by Gasteiger charge is 2.36. The molecule has 0 unspecified atom stereocenters. The smallest absolute Gasteiger partial charge is 0.420 e. The third-order valence-electron chi connectivity index (χ3n) is 2.68. The van der Waals surface area contributed by atoms with Crippen LogP contribution in [-0.2, 0) is 6.18 Å². The number of aromatic nitrogens is 1. The Balaban J connectivity index is 2.35. The third kappa shape index (κ3) is 3.31. The van der Waals surface area contributed by atoms with E-state index >= 15 is 0 Å². The van der Waals surface area contributed by atoms with Crippen molar-refractivity contribution in [1.82, 2.24) is 4.98 Å². The molecule has 0 radical (unpaired) electrons. The van der Waals surface area contributed by atoms with Crippen LogP contribution in [0.3, 0.4) is 0 Å². The van der Waals surface area contributed by atoms with Crippen LogP contribution < -0.4 is 10.1 Å². The molecule has 2 aromatic rings. The molecule has 0 saturated heterocycles. The van der Waals surface area contributed by atoms with Crippen molar-refractivity contribution in [2.75, 3.05) is 12.4 Å². The second-order valence-corrected chi connectivity index (χ2v) is 4.06. The number of methoxy groups -OCH3 is 1. The van der Waals surface area contributed by atoms with Gasteiger partial charge < -0.3 is 10.1 Å². The number of carbonyl (C=O) groups is 1. The van der Waals surface area contributed by atoms with Gasteiger partial charge in [-0.25, -0.2) is 4.98 Å². The van der Waals surface area contributed by atoms with Crippen molar-refractivity contribution < 1.29 is 22.7 Å². The van der Waals surface area contributed by atoms with E-state index in [0.29, 0.717) is 5.56 Å². The SMILES string of the molecule is COc1c(C(F)(F)F)ccnc1NC(=O)c1ccccc1. The van der Waals surface area contributed by atoms with Crippen molar-refractivity contribution in [2.45, 2.75) is 6.18 Å². The molecule has 110 valence electrons. The first-order chi connectivity index (χ1) is 9.93. The molecule has 1 aromatic heterocycles. The topological polar surface area (TPSA) is 51.2 Å². The van der Waals surface area contributed by atoms with Crippen molar-refractivity contribution in [3.05, 3.63) is 53.7 Å². The van der Waals surface area contributed by atoms with Crippen molar-refractivity contribution in [2.24, 2.45) is 0 Å². The van der Waals surface area contributed by atoms with Gasteiger partial charge in [0.15, 0.2) is 11.6 Å². The molecule has 4 nitrogen and oxygen atoms in total. The Morgan fingerprint density at radius 1 is 1.19 bits per heavy atom. The largest absolute Gasteiger partial charge is 0.492 e. The summed E-state index contributed by atoms with van der Waals surface area (Å²) in [6.45, 7) is 0. The number of ether oxygens (including phenoxy) is 1. The van der Waals surface area contributed by atoms with Gasteiger partial charge in [0.05, 0.1) is 7.11 Å². The summed E-state index contributed by atoms with van der Waals surface area (Å²) in [7, 11) is 1.09. The molecule has 0 aliphatic carbocycles. The molecule has 0 fully saturated rings. The number of hydrogen-bond donors (Lipinski definition) is 1. The van der Waals surface area contributed by atoms with Gasteiger partial charge in [0.2, 0.25) is 0 Å². The van der Waals surface area contributed by atoms with E-state index in [1.54, 1.807) is 18.2 Å². The Morgan fingerprint density at radius 3 is 2.43 bits per heavy atom. The second-order valence-electron chi connectivity index (χ2n) is 4.06. The Hall–Kier alpha value is -2.57. The minimum absolute atomic E-state index is 0.277. The number of halogens is 3. The van der Waals surface area contributed by atoms with Crippen molar-refractivity contribution in [1.29, 1.82) is 0 Å². The fourth-order valence-electron chi connectivity index (χ4n) is 1.74. The molecule has 0 spiro atoms. The number of rotatable bonds is 3. The summed E-state index contributed by atoms with van der Waals surface area (Å²) < 4.78 is 43.3. The summed E-state index contributed by atoms with van der Waals surface area (Å²) in [5.41, 5.74) is -0.692. The lowest BCUT2D eigenvalue weighted by Crippen LogP contribution is -2.16. The number of carbonyl (C=O) groups excluding carboxylic acids is 1. The van der Waals surface area contributed by atoms with Crippen LogP contribution in [0.25, 0.3) is 0 Å². The first-order valence-electron chi connectivity index (χ1n) is 5.90. The number of pyridine rings is 1. The van der Waals surface area contributed by atoms with Crippen LogP contribution in [0.2, 0.25) is 0 Å². The van der Waals surface area contributed by atoms with E-state index in [0.717, 1.165) is 19.4 Å². The number of hydrogen-bond acceptors (Lipinski definition) is 3. The van der Waals surface area contributed by atoms with Crippen LogP contribution in [0.1, 0.15) is 15.9 Å². The van der Waals surface area contributed by atoms with Crippen LogP contribution in [0, 0.1) is 0 Å². The summed E-state index contributed by atoms with van der Waals surface area (Å²) in [5, 5.41) is 2.32. The van der Waals surface area contributed by atoms with E-state index in [1.165, 1.54) is 12.1 Å². The maximum atomic E-state index is 12.9. The summed E-state index contributed by atoms with van der Waals surface area (Å²) in [4.78, 5) is 15.7. The predicted molar refractivity (Wildman–Crippen MR) is 70.2 cm³/mol. The molecule has 21 heavy (non-hydrogen) atoms. The Bertz CT molecular complexity index is 642. The zero-order valence-corrected chi connectivity index (χ0v) is 10.9. The zero-order chi connectivity index (χ0) is 15.5. The number of nitrogens with one attached hydrogen (secondary N) is 1. The minimum Gasteiger partial charge on any atom is -0.492 e. The predicted octanol–water partition coefficient (Wildman–Crippen LogP) is 3.36. The van der Waals surface area contributed by atoms with Crippen LogP contribution >= 0.6 is 0 Å². The summed E-state index contributed by atoms with van der Waals surface area (Å²) in [6, 6.07) is 8.87. The molecular formula is C14H11F3N2O2. The molecule has 0 bridgehead atoms. The first-order valence-corrected chi connectivity index (χ1v) is 5.90. The number of anilines is 1. The summed E-state index contributed by atoms with van der Waals surface area (Å²) >= 11 is 0. The maximum Gasteiger partial charge on any atom is 0.420 e. The van der Waals surface area contributed by atoms with Crippen LogP contribution in [0.4, 0.5) is 19.0 Å².